The van der Waals surface area contributed by atoms with Crippen molar-refractivity contribution >= 4 is 23.5 Å². The number of benzene rings is 2. The van der Waals surface area contributed by atoms with Gasteiger partial charge in [0.05, 0.1) is 19.3 Å². The number of aromatic nitrogens is 2. The average molecular weight is 480 g/mol. The van der Waals surface area contributed by atoms with E-state index in [1.807, 2.05) is 39.1 Å². The molecule has 2 heterocycles. The predicted octanol–water partition coefficient (Wildman–Crippen LogP) is 4.65. The van der Waals surface area contributed by atoms with Crippen LogP contribution in [0.1, 0.15) is 47.9 Å². The molecule has 3 aromatic rings. The summed E-state index contributed by atoms with van der Waals surface area (Å²) < 4.78 is 13.1. The summed E-state index contributed by atoms with van der Waals surface area (Å²) in [6, 6.07) is 13.8. The number of aryl methyl sites for hydroxylation is 1. The molecule has 1 atom stereocenters. The number of rotatable bonds is 8. The Morgan fingerprint density at radius 3 is 2.62 bits per heavy atom. The van der Waals surface area contributed by atoms with Gasteiger partial charge in [-0.2, -0.15) is 4.98 Å². The first-order valence-electron chi connectivity index (χ1n) is 11.3. The second-order valence-electron chi connectivity index (χ2n) is 8.36. The second-order valence-corrected chi connectivity index (χ2v) is 9.30. The van der Waals surface area contributed by atoms with Crippen LogP contribution in [0, 0.1) is 6.92 Å². The van der Waals surface area contributed by atoms with Crippen molar-refractivity contribution in [2.24, 2.45) is 7.05 Å². The van der Waals surface area contributed by atoms with Crippen LogP contribution in [0.15, 0.2) is 52.4 Å². The molecular weight excluding hydrogens is 450 g/mol. The lowest BCUT2D eigenvalue weighted by Crippen LogP contribution is -2.33. The van der Waals surface area contributed by atoms with Crippen LogP contribution in [0.2, 0.25) is 0 Å². The highest BCUT2D eigenvalue weighted by Crippen LogP contribution is 2.39. The Hall–Kier alpha value is -3.26. The maximum atomic E-state index is 13.2. The topological polar surface area (TPSA) is 82.5 Å². The summed E-state index contributed by atoms with van der Waals surface area (Å²) in [5.41, 5.74) is 3.32. The molecule has 4 rings (SSSR count). The number of hydrogen-bond donors (Lipinski definition) is 1. The van der Waals surface area contributed by atoms with Crippen LogP contribution < -0.4 is 20.3 Å². The molecule has 0 saturated carbocycles. The van der Waals surface area contributed by atoms with Gasteiger partial charge in [-0.1, -0.05) is 54.6 Å². The summed E-state index contributed by atoms with van der Waals surface area (Å²) in [5, 5.41) is 3.46. The summed E-state index contributed by atoms with van der Waals surface area (Å²) in [4.78, 5) is 30.2. The number of anilines is 1. The van der Waals surface area contributed by atoms with Crippen LogP contribution in [0.25, 0.3) is 0 Å². The van der Waals surface area contributed by atoms with Crippen molar-refractivity contribution in [2.45, 2.75) is 43.5 Å². The molecule has 0 unspecified atom stereocenters. The number of carbonyl (C=O) groups is 1. The number of ether oxygens (including phenoxy) is 2. The molecule has 0 aliphatic carbocycles. The smallest absolute Gasteiger partial charge is 0.279 e. The number of fused-ring (bicyclic) bond motifs is 1. The van der Waals surface area contributed by atoms with Gasteiger partial charge in [0.2, 0.25) is 5.91 Å². The number of amides is 1. The highest BCUT2D eigenvalue weighted by Gasteiger charge is 2.32. The summed E-state index contributed by atoms with van der Waals surface area (Å²) in [5.74, 6) is 1.83. The van der Waals surface area contributed by atoms with E-state index in [0.29, 0.717) is 40.4 Å². The van der Waals surface area contributed by atoms with Crippen molar-refractivity contribution in [3.05, 3.63) is 75.1 Å². The van der Waals surface area contributed by atoms with Gasteiger partial charge in [0.25, 0.3) is 5.56 Å². The number of nitrogens with zero attached hydrogens (tertiary/aromatic N) is 2. The quantitative estimate of drug-likeness (QED) is 0.374. The molecule has 34 heavy (non-hydrogen) atoms. The third-order valence-corrected chi connectivity index (χ3v) is 6.94. The third kappa shape index (κ3) is 4.97. The van der Waals surface area contributed by atoms with Gasteiger partial charge in [0.15, 0.2) is 16.7 Å². The molecule has 1 N–H and O–H groups in total. The van der Waals surface area contributed by atoms with Gasteiger partial charge < -0.3 is 19.4 Å². The first kappa shape index (κ1) is 23.9. The predicted molar refractivity (Wildman–Crippen MR) is 134 cm³/mol. The van der Waals surface area contributed by atoms with Crippen molar-refractivity contribution in [2.75, 3.05) is 19.0 Å². The van der Waals surface area contributed by atoms with Crippen LogP contribution in [-0.4, -0.2) is 29.2 Å². The zero-order valence-corrected chi connectivity index (χ0v) is 20.7. The van der Waals surface area contributed by atoms with E-state index in [0.717, 1.165) is 17.5 Å². The summed E-state index contributed by atoms with van der Waals surface area (Å²) in [6.07, 6.45) is 1.05. The summed E-state index contributed by atoms with van der Waals surface area (Å²) in [7, 11) is 3.41. The molecule has 8 heteroatoms. The zero-order valence-electron chi connectivity index (χ0n) is 19.9. The minimum atomic E-state index is -0.416. The van der Waals surface area contributed by atoms with Crippen LogP contribution in [0.5, 0.6) is 11.5 Å². The Morgan fingerprint density at radius 1 is 1.15 bits per heavy atom. The molecular formula is C26H29N3O4S. The first-order chi connectivity index (χ1) is 16.4. The van der Waals surface area contributed by atoms with Crippen molar-refractivity contribution in [1.82, 2.24) is 9.55 Å². The maximum absolute atomic E-state index is 13.2. The fourth-order valence-corrected chi connectivity index (χ4v) is 4.93. The second kappa shape index (κ2) is 10.3. The molecule has 0 spiro atoms. The zero-order chi connectivity index (χ0) is 24.2. The van der Waals surface area contributed by atoms with Gasteiger partial charge in [0, 0.05) is 25.1 Å². The molecule has 1 aromatic heterocycles. The number of nitrogens with one attached hydrogen (secondary N) is 1. The van der Waals surface area contributed by atoms with E-state index in [1.54, 1.807) is 11.7 Å². The number of carbonyl (C=O) groups excluding carboxylic acids is 1. The first-order valence-corrected chi connectivity index (χ1v) is 12.3. The lowest BCUT2D eigenvalue weighted by atomic mass is 9.86. The SMILES string of the molecule is CCCOc1ccc([C@H]2CC(=O)Nc3c2c(=O)nc(SCc2ccc(C)cc2)n3C)cc1OC. The van der Waals surface area contributed by atoms with E-state index in [4.69, 9.17) is 9.47 Å². The van der Waals surface area contributed by atoms with E-state index < -0.39 is 5.92 Å². The highest BCUT2D eigenvalue weighted by molar-refractivity contribution is 7.98. The van der Waals surface area contributed by atoms with Crippen LogP contribution in [0.3, 0.4) is 0 Å². The molecule has 0 fully saturated rings. The van der Waals surface area contributed by atoms with Gasteiger partial charge >= 0.3 is 0 Å². The fraction of sp³-hybridized carbons (Fsp3) is 0.346. The monoisotopic (exact) mass is 479 g/mol. The summed E-state index contributed by atoms with van der Waals surface area (Å²) in [6.45, 7) is 4.67. The molecule has 1 aliphatic heterocycles. The molecule has 2 aromatic carbocycles. The van der Waals surface area contributed by atoms with Crippen molar-refractivity contribution < 1.29 is 14.3 Å². The Morgan fingerprint density at radius 2 is 1.91 bits per heavy atom. The fourth-order valence-electron chi connectivity index (χ4n) is 4.01. The number of thioether (sulfide) groups is 1. The molecule has 178 valence electrons. The van der Waals surface area contributed by atoms with Crippen molar-refractivity contribution in [3.8, 4) is 11.5 Å². The maximum Gasteiger partial charge on any atom is 0.279 e. The van der Waals surface area contributed by atoms with Crippen molar-refractivity contribution in [1.29, 1.82) is 0 Å². The molecule has 7 nitrogen and oxygen atoms in total. The molecule has 1 amide bonds. The third-order valence-electron chi connectivity index (χ3n) is 5.84. The Bertz CT molecular complexity index is 1250. The normalized spacial score (nSPS) is 14.9. The number of methoxy groups -OCH3 is 1. The molecule has 0 radical (unpaired) electrons. The lowest BCUT2D eigenvalue weighted by molar-refractivity contribution is -0.116. The average Bonchev–Trinajstić information content (AvgIpc) is 2.84. The Balaban J connectivity index is 1.68. The number of hydrogen-bond acceptors (Lipinski definition) is 6. The highest BCUT2D eigenvalue weighted by atomic mass is 32.2. The molecule has 1 aliphatic rings. The van der Waals surface area contributed by atoms with E-state index in [1.165, 1.54) is 17.3 Å². The van der Waals surface area contributed by atoms with Gasteiger partial charge in [-0.15, -0.1) is 0 Å². The van der Waals surface area contributed by atoms with E-state index in [-0.39, 0.29) is 17.9 Å². The Kier molecular flexibility index (Phi) is 7.26. The van der Waals surface area contributed by atoms with E-state index in [2.05, 4.69) is 34.6 Å². The summed E-state index contributed by atoms with van der Waals surface area (Å²) >= 11 is 1.47. The molecule has 0 bridgehead atoms. The van der Waals surface area contributed by atoms with Crippen molar-refractivity contribution in [3.63, 3.8) is 0 Å². The minimum Gasteiger partial charge on any atom is -0.493 e. The van der Waals surface area contributed by atoms with E-state index in [9.17, 15) is 9.59 Å². The molecule has 0 saturated heterocycles. The van der Waals surface area contributed by atoms with Gasteiger partial charge in [-0.3, -0.25) is 9.59 Å². The van der Waals surface area contributed by atoms with Gasteiger partial charge in [-0.05, 0) is 36.6 Å². The Labute approximate surface area is 203 Å². The van der Waals surface area contributed by atoms with Crippen LogP contribution >= 0.6 is 11.8 Å². The van der Waals surface area contributed by atoms with Crippen LogP contribution in [-0.2, 0) is 17.6 Å². The van der Waals surface area contributed by atoms with Gasteiger partial charge in [0.1, 0.15) is 5.82 Å². The van der Waals surface area contributed by atoms with E-state index >= 15 is 0 Å². The van der Waals surface area contributed by atoms with Crippen LogP contribution in [0.4, 0.5) is 5.82 Å². The lowest BCUT2D eigenvalue weighted by Gasteiger charge is -2.28. The standard InChI is InChI=1S/C26H29N3O4S/c1-5-12-33-20-11-10-18(13-21(20)32-4)19-14-22(30)27-24-23(19)25(31)28-26(29(24)3)34-15-17-8-6-16(2)7-9-17/h6-11,13,19H,5,12,14-15H2,1-4H3,(H,27,30)/t19-/m1/s1. The minimum absolute atomic E-state index is 0.140. The largest absolute Gasteiger partial charge is 0.493 e. The van der Waals surface area contributed by atoms with Gasteiger partial charge in [-0.25, -0.2) is 0 Å².